The zero-order valence-electron chi connectivity index (χ0n) is 5.34. The monoisotopic (exact) mass is 130 g/mol. The summed E-state index contributed by atoms with van der Waals surface area (Å²) in [6.07, 6.45) is 0. The molecule has 0 bridgehead atoms. The summed E-state index contributed by atoms with van der Waals surface area (Å²) >= 11 is 0. The average Bonchev–Trinajstić information content (AvgIpc) is 1.87. The minimum atomic E-state index is -0.961. The molecule has 0 radical (unpaired) electrons. The van der Waals surface area contributed by atoms with E-state index in [0.29, 0.717) is 0 Å². The lowest BCUT2D eigenvalue weighted by atomic mass is 10.5. The largest absolute Gasteiger partial charge is 0.535 e. The van der Waals surface area contributed by atoms with Crippen molar-refractivity contribution in [2.24, 2.45) is 0 Å². The van der Waals surface area contributed by atoms with Crippen molar-refractivity contribution in [3.8, 4) is 0 Å². The van der Waals surface area contributed by atoms with Gasteiger partial charge in [0.05, 0.1) is 6.61 Å². The van der Waals surface area contributed by atoms with Crippen LogP contribution in [0.1, 0.15) is 6.92 Å². The Balaban J connectivity index is 3.60. The summed E-state index contributed by atoms with van der Waals surface area (Å²) in [7, 11) is 1.12. The maximum atomic E-state index is 10.3. The fraction of sp³-hybridized carbons (Fsp3) is 0.500. The van der Waals surface area contributed by atoms with E-state index in [9.17, 15) is 9.59 Å². The zero-order chi connectivity index (χ0) is 7.28. The predicted molar refractivity (Wildman–Crippen MR) is 31.3 cm³/mol. The van der Waals surface area contributed by atoms with Crippen LogP contribution in [0.4, 0.5) is 0 Å². The lowest BCUT2D eigenvalue weighted by molar-refractivity contribution is -0.161. The molecule has 50 valence electrons. The molecule has 0 spiro atoms. The first-order valence-corrected chi connectivity index (χ1v) is 2.47. The predicted octanol–water partition coefficient (Wildman–Crippen LogP) is -1.36. The van der Waals surface area contributed by atoms with Crippen LogP contribution in [0.15, 0.2) is 0 Å². The summed E-state index contributed by atoms with van der Waals surface area (Å²) in [5, 5.41) is 0. The van der Waals surface area contributed by atoms with Crippen molar-refractivity contribution < 1.29 is 19.0 Å². The molecule has 0 rings (SSSR count). The Labute approximate surface area is 53.6 Å². The van der Waals surface area contributed by atoms with Gasteiger partial charge in [0.2, 0.25) is 0 Å². The van der Waals surface area contributed by atoms with Crippen molar-refractivity contribution in [2.45, 2.75) is 6.92 Å². The third-order valence-electron chi connectivity index (χ3n) is 0.627. The van der Waals surface area contributed by atoms with Gasteiger partial charge in [0.15, 0.2) is 0 Å². The summed E-state index contributed by atoms with van der Waals surface area (Å²) in [6.45, 7) is 1.80. The molecule has 0 heterocycles. The highest BCUT2D eigenvalue weighted by Gasteiger charge is 2.12. The molecule has 5 heteroatoms. The summed E-state index contributed by atoms with van der Waals surface area (Å²) in [4.78, 5) is 20.5. The van der Waals surface area contributed by atoms with Gasteiger partial charge in [-0.05, 0) is 6.92 Å². The van der Waals surface area contributed by atoms with Crippen LogP contribution < -0.4 is 0 Å². The van der Waals surface area contributed by atoms with Crippen molar-refractivity contribution in [3.05, 3.63) is 0 Å². The van der Waals surface area contributed by atoms with Gasteiger partial charge in [-0.3, -0.25) is 0 Å². The third kappa shape index (κ3) is 2.74. The van der Waals surface area contributed by atoms with Gasteiger partial charge < -0.3 is 9.39 Å². The van der Waals surface area contributed by atoms with Crippen LogP contribution in [0.3, 0.4) is 0 Å². The first-order chi connectivity index (χ1) is 4.22. The molecule has 0 unspecified atom stereocenters. The van der Waals surface area contributed by atoms with Gasteiger partial charge in [-0.2, -0.15) is 0 Å². The lowest BCUT2D eigenvalue weighted by Gasteiger charge is -1.97. The minimum Gasteiger partial charge on any atom is -0.535 e. The quantitative estimate of drug-likeness (QED) is 0.250. The first kappa shape index (κ1) is 8.00. The molecular weight excluding hydrogens is 123 g/mol. The highest BCUT2D eigenvalue weighted by atomic mass is 16.6. The molecule has 0 amide bonds. The van der Waals surface area contributed by atoms with Crippen LogP contribution >= 0.6 is 0 Å². The highest BCUT2D eigenvalue weighted by Crippen LogP contribution is 1.79. The number of ether oxygens (including phenoxy) is 1. The molecule has 0 saturated heterocycles. The number of rotatable bonds is 1. The molecule has 0 aliphatic rings. The second kappa shape index (κ2) is 3.94. The fourth-order valence-corrected chi connectivity index (χ4v) is 0.273. The summed E-state index contributed by atoms with van der Waals surface area (Å²) in [5.41, 5.74) is 0. The molecular formula is C4H7BO4. The first-order valence-electron chi connectivity index (χ1n) is 2.47. The average molecular weight is 130 g/mol. The Morgan fingerprint density at radius 3 is 2.33 bits per heavy atom. The molecule has 0 aliphatic carbocycles. The summed E-state index contributed by atoms with van der Waals surface area (Å²) in [5.74, 6) is -1.91. The Morgan fingerprint density at radius 2 is 2.00 bits per heavy atom. The van der Waals surface area contributed by atoms with Crippen LogP contribution in [0.2, 0.25) is 0 Å². The molecule has 0 N–H and O–H groups in total. The molecule has 0 saturated carbocycles. The number of hydrogen-bond acceptors (Lipinski definition) is 4. The molecule has 4 nitrogen and oxygen atoms in total. The van der Waals surface area contributed by atoms with Crippen molar-refractivity contribution in [1.82, 2.24) is 0 Å². The number of carbonyl (C=O) groups is 2. The second-order valence-electron chi connectivity index (χ2n) is 1.21. The van der Waals surface area contributed by atoms with E-state index >= 15 is 0 Å². The number of hydrogen-bond donors (Lipinski definition) is 0. The second-order valence-corrected chi connectivity index (χ2v) is 1.21. The Morgan fingerprint density at radius 1 is 1.44 bits per heavy atom. The lowest BCUT2D eigenvalue weighted by Crippen LogP contribution is -2.18. The SMILES string of the molecule is BOC(=O)C(=O)OCC. The fourth-order valence-electron chi connectivity index (χ4n) is 0.273. The third-order valence-corrected chi connectivity index (χ3v) is 0.627. The highest BCUT2D eigenvalue weighted by molar-refractivity contribution is 6.33. The zero-order valence-corrected chi connectivity index (χ0v) is 5.34. The summed E-state index contributed by atoms with van der Waals surface area (Å²) < 4.78 is 8.33. The van der Waals surface area contributed by atoms with E-state index in [1.807, 2.05) is 0 Å². The molecule has 9 heavy (non-hydrogen) atoms. The molecule has 0 aromatic carbocycles. The van der Waals surface area contributed by atoms with Gasteiger partial charge in [0, 0.05) is 0 Å². The summed E-state index contributed by atoms with van der Waals surface area (Å²) in [6, 6.07) is 0. The maximum Gasteiger partial charge on any atom is 0.415 e. The molecule has 0 aromatic heterocycles. The molecule has 0 aromatic rings. The number of carbonyl (C=O) groups excluding carboxylic acids is 2. The number of esters is 1. The van der Waals surface area contributed by atoms with E-state index in [-0.39, 0.29) is 6.61 Å². The Bertz CT molecular complexity index is 122. The van der Waals surface area contributed by atoms with Gasteiger partial charge in [0.25, 0.3) is 0 Å². The van der Waals surface area contributed by atoms with Gasteiger partial charge >= 0.3 is 20.0 Å². The van der Waals surface area contributed by atoms with E-state index in [1.165, 1.54) is 0 Å². The van der Waals surface area contributed by atoms with Gasteiger partial charge in [-0.25, -0.2) is 9.59 Å². The molecule has 0 atom stereocenters. The molecule has 0 fully saturated rings. The normalized spacial score (nSPS) is 8.11. The van der Waals surface area contributed by atoms with Crippen LogP contribution in [-0.2, 0) is 19.0 Å². The van der Waals surface area contributed by atoms with Crippen molar-refractivity contribution in [1.29, 1.82) is 0 Å². The topological polar surface area (TPSA) is 52.6 Å². The van der Waals surface area contributed by atoms with E-state index in [2.05, 4.69) is 9.39 Å². The van der Waals surface area contributed by atoms with Crippen LogP contribution in [0.25, 0.3) is 0 Å². The van der Waals surface area contributed by atoms with Crippen molar-refractivity contribution in [3.63, 3.8) is 0 Å². The van der Waals surface area contributed by atoms with E-state index < -0.39 is 11.9 Å². The Hall–Kier alpha value is -0.995. The van der Waals surface area contributed by atoms with E-state index in [4.69, 9.17) is 0 Å². The van der Waals surface area contributed by atoms with Crippen molar-refractivity contribution in [2.75, 3.05) is 6.61 Å². The smallest absolute Gasteiger partial charge is 0.415 e. The van der Waals surface area contributed by atoms with Crippen molar-refractivity contribution >= 4 is 20.0 Å². The minimum absolute atomic E-state index is 0.188. The van der Waals surface area contributed by atoms with Gasteiger partial charge in [-0.15, -0.1) is 0 Å². The standard InChI is InChI=1S/C4H7BO4/c1-2-8-3(6)4(7)9-5/h2,5H2,1H3. The van der Waals surface area contributed by atoms with Crippen LogP contribution in [0, 0.1) is 0 Å². The Kier molecular flexibility index (Phi) is 3.51. The molecule has 0 aliphatic heterocycles. The van der Waals surface area contributed by atoms with Crippen LogP contribution in [-0.4, -0.2) is 26.6 Å². The van der Waals surface area contributed by atoms with Gasteiger partial charge in [0.1, 0.15) is 0 Å². The van der Waals surface area contributed by atoms with E-state index in [1.54, 1.807) is 6.92 Å². The maximum absolute atomic E-state index is 10.3. The van der Waals surface area contributed by atoms with Gasteiger partial charge in [-0.1, -0.05) is 0 Å². The van der Waals surface area contributed by atoms with Crippen LogP contribution in [0.5, 0.6) is 0 Å². The van der Waals surface area contributed by atoms with E-state index in [0.717, 1.165) is 8.05 Å².